The van der Waals surface area contributed by atoms with Gasteiger partial charge in [0.25, 0.3) is 0 Å². The first-order valence-corrected chi connectivity index (χ1v) is 6.81. The molecule has 17 heavy (non-hydrogen) atoms. The lowest BCUT2D eigenvalue weighted by atomic mass is 10.00. The molecule has 0 bridgehead atoms. The summed E-state index contributed by atoms with van der Waals surface area (Å²) in [6, 6.07) is 4.19. The Morgan fingerprint density at radius 3 is 2.53 bits per heavy atom. The second-order valence-electron chi connectivity index (χ2n) is 4.78. The predicted molar refractivity (Wildman–Crippen MR) is 70.1 cm³/mol. The quantitative estimate of drug-likeness (QED) is 0.600. The van der Waals surface area contributed by atoms with E-state index in [0.717, 1.165) is 25.7 Å². The van der Waals surface area contributed by atoms with E-state index in [1.54, 1.807) is 18.3 Å². The summed E-state index contributed by atoms with van der Waals surface area (Å²) in [5, 5.41) is 0. The molecule has 92 valence electrons. The van der Waals surface area contributed by atoms with E-state index in [2.05, 4.69) is 25.6 Å². The minimum atomic E-state index is -0.380. The van der Waals surface area contributed by atoms with Crippen LogP contribution in [0.25, 0.3) is 0 Å². The lowest BCUT2D eigenvalue weighted by molar-refractivity contribution is -0.155. The minimum Gasteiger partial charge on any atom is -0.450 e. The van der Waals surface area contributed by atoms with Crippen molar-refractivity contribution in [1.29, 1.82) is 0 Å². The molecule has 0 amide bonds. The van der Waals surface area contributed by atoms with E-state index in [0.29, 0.717) is 5.57 Å². The molecular formula is C14H18O2S. The summed E-state index contributed by atoms with van der Waals surface area (Å²) in [6.07, 6.45) is 4.12. The Morgan fingerprint density at radius 2 is 2.06 bits per heavy atom. The maximum absolute atomic E-state index is 11.8. The first-order valence-electron chi connectivity index (χ1n) is 5.99. The van der Waals surface area contributed by atoms with Crippen LogP contribution >= 0.6 is 11.3 Å². The Bertz CT molecular complexity index is 439. The topological polar surface area (TPSA) is 26.3 Å². The molecule has 1 aliphatic rings. The highest BCUT2D eigenvalue weighted by Crippen LogP contribution is 2.45. The fourth-order valence-electron chi connectivity index (χ4n) is 2.29. The van der Waals surface area contributed by atoms with Gasteiger partial charge in [0.15, 0.2) is 0 Å². The number of carbonyl (C=O) groups is 1. The number of rotatable bonds is 3. The van der Waals surface area contributed by atoms with Gasteiger partial charge in [-0.2, -0.15) is 0 Å². The summed E-state index contributed by atoms with van der Waals surface area (Å²) < 4.78 is 5.73. The molecule has 3 heteroatoms. The van der Waals surface area contributed by atoms with Crippen molar-refractivity contribution in [3.05, 3.63) is 34.0 Å². The van der Waals surface area contributed by atoms with Gasteiger partial charge in [0.2, 0.25) is 0 Å². The molecule has 0 radical (unpaired) electrons. The van der Waals surface area contributed by atoms with E-state index >= 15 is 0 Å². The average molecular weight is 250 g/mol. The number of hydrogen-bond donors (Lipinski definition) is 0. The molecule has 1 aromatic heterocycles. The molecule has 2 nitrogen and oxygen atoms in total. The maximum atomic E-state index is 11.8. The smallest absolute Gasteiger partial charge is 0.334 e. The zero-order valence-electron chi connectivity index (χ0n) is 10.4. The molecule has 0 N–H and O–H groups in total. The summed E-state index contributed by atoms with van der Waals surface area (Å²) >= 11 is 1.73. The van der Waals surface area contributed by atoms with Gasteiger partial charge in [0, 0.05) is 15.3 Å². The van der Waals surface area contributed by atoms with Crippen molar-refractivity contribution < 1.29 is 9.53 Å². The zero-order chi connectivity index (χ0) is 12.5. The molecule has 0 saturated heterocycles. The zero-order valence-corrected chi connectivity index (χ0v) is 11.2. The number of carbonyl (C=O) groups excluding carboxylic acids is 1. The van der Waals surface area contributed by atoms with Gasteiger partial charge in [0.05, 0.1) is 0 Å². The normalized spacial score (nSPS) is 18.0. The molecule has 0 spiro atoms. The third kappa shape index (κ3) is 2.44. The Kier molecular flexibility index (Phi) is 3.38. The van der Waals surface area contributed by atoms with Gasteiger partial charge in [-0.05, 0) is 51.7 Å². The van der Waals surface area contributed by atoms with Crippen LogP contribution in [0.2, 0.25) is 0 Å². The Labute approximate surface area is 106 Å². The van der Waals surface area contributed by atoms with Gasteiger partial charge in [-0.3, -0.25) is 0 Å². The van der Waals surface area contributed by atoms with Crippen molar-refractivity contribution in [3.63, 3.8) is 0 Å². The van der Waals surface area contributed by atoms with Crippen LogP contribution in [0.5, 0.6) is 0 Å². The summed E-state index contributed by atoms with van der Waals surface area (Å²) in [5.74, 6) is -0.266. The van der Waals surface area contributed by atoms with E-state index in [4.69, 9.17) is 4.74 Å². The monoisotopic (exact) mass is 250 g/mol. The number of thiophene rings is 1. The summed E-state index contributed by atoms with van der Waals surface area (Å²) in [7, 11) is 0. The Morgan fingerprint density at radius 1 is 1.41 bits per heavy atom. The van der Waals surface area contributed by atoms with E-state index < -0.39 is 0 Å². The van der Waals surface area contributed by atoms with Gasteiger partial charge in [-0.25, -0.2) is 4.79 Å². The lowest BCUT2D eigenvalue weighted by Crippen LogP contribution is -2.28. The minimum absolute atomic E-state index is 0.266. The molecule has 1 aromatic rings. The molecule has 2 rings (SSSR count). The van der Waals surface area contributed by atoms with Crippen molar-refractivity contribution in [2.75, 3.05) is 0 Å². The number of esters is 1. The van der Waals surface area contributed by atoms with Crippen LogP contribution in [0.3, 0.4) is 0 Å². The van der Waals surface area contributed by atoms with Crippen molar-refractivity contribution in [3.8, 4) is 0 Å². The Balaban J connectivity index is 2.27. The van der Waals surface area contributed by atoms with Crippen LogP contribution < -0.4 is 0 Å². The first kappa shape index (κ1) is 12.4. The summed E-state index contributed by atoms with van der Waals surface area (Å²) in [4.78, 5) is 14.2. The van der Waals surface area contributed by atoms with Crippen molar-refractivity contribution in [2.24, 2.45) is 0 Å². The van der Waals surface area contributed by atoms with Crippen molar-refractivity contribution >= 4 is 17.3 Å². The first-order chi connectivity index (χ1) is 8.03. The van der Waals surface area contributed by atoms with E-state index in [9.17, 15) is 4.79 Å². The molecular weight excluding hydrogens is 232 g/mol. The predicted octanol–water partition coefficient (Wildman–Crippen LogP) is 3.95. The van der Waals surface area contributed by atoms with Crippen LogP contribution in [0.1, 0.15) is 42.4 Å². The molecule has 1 fully saturated rings. The fraction of sp³-hybridized carbons (Fsp3) is 0.500. The van der Waals surface area contributed by atoms with Crippen LogP contribution in [0.4, 0.5) is 0 Å². The molecule has 0 aliphatic heterocycles. The van der Waals surface area contributed by atoms with Crippen LogP contribution in [-0.2, 0) is 15.1 Å². The largest absolute Gasteiger partial charge is 0.450 e. The second kappa shape index (κ2) is 4.65. The molecule has 1 aliphatic carbocycles. The fourth-order valence-corrected chi connectivity index (χ4v) is 3.34. The highest BCUT2D eigenvalue weighted by Gasteiger charge is 2.40. The third-order valence-corrected chi connectivity index (χ3v) is 4.42. The average Bonchev–Trinajstić information content (AvgIpc) is 2.87. The lowest BCUT2D eigenvalue weighted by Gasteiger charge is -2.28. The SMILES string of the molecule is C=C(C)C(=O)OC1(c2ccc(C)s2)CCCC1. The van der Waals surface area contributed by atoms with E-state index in [1.165, 1.54) is 9.75 Å². The number of ether oxygens (including phenoxy) is 1. The maximum Gasteiger partial charge on any atom is 0.334 e. The van der Waals surface area contributed by atoms with Crippen LogP contribution in [0, 0.1) is 6.92 Å². The molecule has 1 saturated carbocycles. The molecule has 1 heterocycles. The Hall–Kier alpha value is -1.09. The van der Waals surface area contributed by atoms with Gasteiger partial charge < -0.3 is 4.74 Å². The highest BCUT2D eigenvalue weighted by molar-refractivity contribution is 7.12. The van der Waals surface area contributed by atoms with Crippen molar-refractivity contribution in [1.82, 2.24) is 0 Å². The highest BCUT2D eigenvalue weighted by atomic mass is 32.1. The summed E-state index contributed by atoms with van der Waals surface area (Å²) in [6.45, 7) is 7.44. The molecule has 0 aromatic carbocycles. The van der Waals surface area contributed by atoms with Gasteiger partial charge >= 0.3 is 5.97 Å². The van der Waals surface area contributed by atoms with Gasteiger partial charge in [-0.1, -0.05) is 6.58 Å². The summed E-state index contributed by atoms with van der Waals surface area (Å²) in [5.41, 5.74) is 0.0964. The van der Waals surface area contributed by atoms with Crippen molar-refractivity contribution in [2.45, 2.75) is 45.1 Å². The number of aryl methyl sites for hydroxylation is 1. The van der Waals surface area contributed by atoms with Gasteiger partial charge in [-0.15, -0.1) is 11.3 Å². The standard InChI is InChI=1S/C14H18O2S/c1-10(2)13(15)16-14(8-4-5-9-14)12-7-6-11(3)17-12/h6-7H,1,4-5,8-9H2,2-3H3. The van der Waals surface area contributed by atoms with E-state index in [-0.39, 0.29) is 11.6 Å². The van der Waals surface area contributed by atoms with Crippen LogP contribution in [0.15, 0.2) is 24.3 Å². The molecule has 0 unspecified atom stereocenters. The van der Waals surface area contributed by atoms with Crippen LogP contribution in [-0.4, -0.2) is 5.97 Å². The second-order valence-corrected chi connectivity index (χ2v) is 6.07. The molecule has 0 atom stereocenters. The third-order valence-electron chi connectivity index (χ3n) is 3.24. The number of hydrogen-bond acceptors (Lipinski definition) is 3. The van der Waals surface area contributed by atoms with Gasteiger partial charge in [0.1, 0.15) is 5.60 Å². The van der Waals surface area contributed by atoms with E-state index in [1.807, 2.05) is 0 Å².